The van der Waals surface area contributed by atoms with E-state index < -0.39 is 23.8 Å². The number of rotatable bonds is 9. The summed E-state index contributed by atoms with van der Waals surface area (Å²) in [4.78, 5) is 61.6. The summed E-state index contributed by atoms with van der Waals surface area (Å²) in [6.07, 6.45) is 1.27. The summed E-state index contributed by atoms with van der Waals surface area (Å²) in [6, 6.07) is 5.10. The first-order valence-corrected chi connectivity index (χ1v) is 9.61. The van der Waals surface area contributed by atoms with E-state index in [9.17, 15) is 24.3 Å². The van der Waals surface area contributed by atoms with Crippen LogP contribution in [-0.2, 0) is 16.1 Å². The van der Waals surface area contributed by atoms with Gasteiger partial charge in [0.1, 0.15) is 11.9 Å². The minimum absolute atomic E-state index is 0.0965. The molecule has 166 valence electrons. The molecule has 12 heteroatoms. The predicted molar refractivity (Wildman–Crippen MR) is 114 cm³/mol. The number of carboxylic acids is 1. The first kappa shape index (κ1) is 22.3. The van der Waals surface area contributed by atoms with E-state index in [1.54, 1.807) is 19.1 Å². The Hall–Kier alpha value is -4.35. The average Bonchev–Trinajstić information content (AvgIpc) is 2.75. The molecule has 0 aliphatic rings. The SMILES string of the molecule is Cc1nc2ncc(CNc3ccc(C(=O)NC(CCC(N)=O)C(=O)O)cc3)nc2c(=O)[nH]1. The third kappa shape index (κ3) is 5.62. The minimum Gasteiger partial charge on any atom is -0.480 e. The number of nitrogens with one attached hydrogen (secondary N) is 3. The van der Waals surface area contributed by atoms with Gasteiger partial charge in [0.15, 0.2) is 11.2 Å². The van der Waals surface area contributed by atoms with E-state index in [1.807, 2.05) is 0 Å². The van der Waals surface area contributed by atoms with E-state index in [2.05, 4.69) is 30.6 Å². The number of hydrogen-bond donors (Lipinski definition) is 5. The molecule has 0 aliphatic carbocycles. The van der Waals surface area contributed by atoms with Gasteiger partial charge in [-0.3, -0.25) is 14.4 Å². The van der Waals surface area contributed by atoms with Crippen molar-refractivity contribution in [3.63, 3.8) is 0 Å². The molecule has 0 saturated heterocycles. The number of aryl methyl sites for hydroxylation is 1. The van der Waals surface area contributed by atoms with Crippen LogP contribution in [0.5, 0.6) is 0 Å². The van der Waals surface area contributed by atoms with Crippen LogP contribution >= 0.6 is 0 Å². The summed E-state index contributed by atoms with van der Waals surface area (Å²) in [5, 5.41) is 14.7. The molecule has 3 aromatic rings. The number of primary amides is 1. The van der Waals surface area contributed by atoms with Gasteiger partial charge >= 0.3 is 5.97 Å². The topological polar surface area (TPSA) is 193 Å². The minimum atomic E-state index is -1.25. The van der Waals surface area contributed by atoms with E-state index in [0.29, 0.717) is 17.2 Å². The Kier molecular flexibility index (Phi) is 6.73. The summed E-state index contributed by atoms with van der Waals surface area (Å²) in [5.74, 6) is -2.03. The highest BCUT2D eigenvalue weighted by atomic mass is 16.4. The number of carboxylic acid groups (broad SMARTS) is 1. The second kappa shape index (κ2) is 9.64. The zero-order valence-corrected chi connectivity index (χ0v) is 17.1. The lowest BCUT2D eigenvalue weighted by Gasteiger charge is -2.14. The van der Waals surface area contributed by atoms with E-state index >= 15 is 0 Å². The number of aliphatic carboxylic acids is 1. The van der Waals surface area contributed by atoms with Gasteiger partial charge in [-0.15, -0.1) is 0 Å². The Balaban J connectivity index is 1.62. The summed E-state index contributed by atoms with van der Waals surface area (Å²) >= 11 is 0. The molecule has 6 N–H and O–H groups in total. The van der Waals surface area contributed by atoms with Gasteiger partial charge in [0.2, 0.25) is 5.91 Å². The van der Waals surface area contributed by atoms with Crippen molar-refractivity contribution in [3.05, 3.63) is 57.9 Å². The van der Waals surface area contributed by atoms with Crippen LogP contribution in [0.15, 0.2) is 35.3 Å². The molecule has 0 spiro atoms. The molecule has 0 fully saturated rings. The molecule has 0 aliphatic heterocycles. The normalized spacial score (nSPS) is 11.7. The number of anilines is 1. The number of carbonyl (C=O) groups is 3. The van der Waals surface area contributed by atoms with Crippen molar-refractivity contribution in [2.45, 2.75) is 32.4 Å². The van der Waals surface area contributed by atoms with Crippen molar-refractivity contribution < 1.29 is 19.5 Å². The number of aromatic amines is 1. The molecular weight excluding hydrogens is 418 g/mol. The monoisotopic (exact) mass is 439 g/mol. The lowest BCUT2D eigenvalue weighted by atomic mass is 10.1. The van der Waals surface area contributed by atoms with Crippen LogP contribution < -0.4 is 21.9 Å². The summed E-state index contributed by atoms with van der Waals surface area (Å²) in [7, 11) is 0. The van der Waals surface area contributed by atoms with Crippen molar-refractivity contribution in [1.82, 2.24) is 25.3 Å². The molecule has 1 atom stereocenters. The summed E-state index contributed by atoms with van der Waals surface area (Å²) in [6.45, 7) is 1.93. The number of hydrogen-bond acceptors (Lipinski definition) is 8. The fourth-order valence-corrected chi connectivity index (χ4v) is 2.87. The number of amides is 2. The predicted octanol–water partition coefficient (Wildman–Crippen LogP) is 0.0821. The lowest BCUT2D eigenvalue weighted by molar-refractivity contribution is -0.139. The number of H-pyrrole nitrogens is 1. The Morgan fingerprint density at radius 1 is 1.19 bits per heavy atom. The largest absolute Gasteiger partial charge is 0.480 e. The number of carbonyl (C=O) groups excluding carboxylic acids is 2. The van der Waals surface area contributed by atoms with Crippen LogP contribution in [0.3, 0.4) is 0 Å². The van der Waals surface area contributed by atoms with Gasteiger partial charge < -0.3 is 26.5 Å². The van der Waals surface area contributed by atoms with Crippen LogP contribution in [0.25, 0.3) is 11.2 Å². The number of aromatic nitrogens is 4. The fraction of sp³-hybridized carbons (Fsp3) is 0.250. The molecular formula is C20H21N7O5. The highest BCUT2D eigenvalue weighted by molar-refractivity contribution is 5.97. The van der Waals surface area contributed by atoms with Gasteiger partial charge in [0, 0.05) is 17.7 Å². The highest BCUT2D eigenvalue weighted by Crippen LogP contribution is 2.12. The fourth-order valence-electron chi connectivity index (χ4n) is 2.87. The van der Waals surface area contributed by atoms with Crippen molar-refractivity contribution >= 4 is 34.6 Å². The van der Waals surface area contributed by atoms with Crippen molar-refractivity contribution in [3.8, 4) is 0 Å². The van der Waals surface area contributed by atoms with E-state index in [0.717, 1.165) is 0 Å². The molecule has 0 bridgehead atoms. The maximum atomic E-state index is 12.3. The van der Waals surface area contributed by atoms with Crippen molar-refractivity contribution in [1.29, 1.82) is 0 Å². The first-order chi connectivity index (χ1) is 15.2. The average molecular weight is 439 g/mol. The van der Waals surface area contributed by atoms with Crippen LogP contribution in [0.2, 0.25) is 0 Å². The standard InChI is InChI=1S/C20H21N7O5/c1-10-24-17-16(19(30)25-10)26-13(9-23-17)8-22-12-4-2-11(3-5-12)18(29)27-14(20(31)32)6-7-15(21)28/h2-5,9,14,22H,6-8H2,1H3,(H2,21,28)(H,27,29)(H,31,32)(H,23,24,25,30). The maximum absolute atomic E-state index is 12.3. The Bertz CT molecular complexity index is 1220. The second-order valence-corrected chi connectivity index (χ2v) is 6.99. The molecule has 1 aromatic carbocycles. The van der Waals surface area contributed by atoms with Crippen LogP contribution in [0, 0.1) is 6.92 Å². The number of fused-ring (bicyclic) bond motifs is 1. The first-order valence-electron chi connectivity index (χ1n) is 9.61. The lowest BCUT2D eigenvalue weighted by Crippen LogP contribution is -2.41. The van der Waals surface area contributed by atoms with Crippen LogP contribution in [0.4, 0.5) is 5.69 Å². The number of nitrogens with zero attached hydrogens (tertiary/aromatic N) is 3. The Morgan fingerprint density at radius 3 is 2.56 bits per heavy atom. The van der Waals surface area contributed by atoms with Crippen LogP contribution in [0.1, 0.15) is 34.7 Å². The quantitative estimate of drug-likeness (QED) is 0.307. The molecule has 1 unspecified atom stereocenters. The Morgan fingerprint density at radius 2 is 1.91 bits per heavy atom. The van der Waals surface area contributed by atoms with Crippen LogP contribution in [-0.4, -0.2) is 48.9 Å². The number of nitrogens with two attached hydrogens (primary N) is 1. The van der Waals surface area contributed by atoms with Gasteiger partial charge in [-0.25, -0.2) is 19.7 Å². The van der Waals surface area contributed by atoms with E-state index in [4.69, 9.17) is 5.73 Å². The van der Waals surface area contributed by atoms with E-state index in [1.165, 1.54) is 18.3 Å². The third-order valence-corrected chi connectivity index (χ3v) is 4.49. The van der Waals surface area contributed by atoms with Crippen molar-refractivity contribution in [2.75, 3.05) is 5.32 Å². The number of benzene rings is 1. The molecule has 3 rings (SSSR count). The van der Waals surface area contributed by atoms with Gasteiger partial charge in [-0.2, -0.15) is 0 Å². The third-order valence-electron chi connectivity index (χ3n) is 4.49. The molecule has 0 saturated carbocycles. The molecule has 2 amide bonds. The summed E-state index contributed by atoms with van der Waals surface area (Å²) < 4.78 is 0. The maximum Gasteiger partial charge on any atom is 0.326 e. The zero-order valence-electron chi connectivity index (χ0n) is 17.1. The molecule has 0 radical (unpaired) electrons. The second-order valence-electron chi connectivity index (χ2n) is 6.99. The molecule has 2 aromatic heterocycles. The highest BCUT2D eigenvalue weighted by Gasteiger charge is 2.21. The Labute approximate surface area is 181 Å². The molecule has 32 heavy (non-hydrogen) atoms. The smallest absolute Gasteiger partial charge is 0.326 e. The van der Waals surface area contributed by atoms with Gasteiger partial charge in [-0.1, -0.05) is 0 Å². The van der Waals surface area contributed by atoms with Crippen molar-refractivity contribution in [2.24, 2.45) is 5.73 Å². The zero-order chi connectivity index (χ0) is 23.3. The summed E-state index contributed by atoms with van der Waals surface area (Å²) in [5.41, 5.74) is 6.51. The van der Waals surface area contributed by atoms with Gasteiger partial charge in [0.05, 0.1) is 18.4 Å². The molecule has 12 nitrogen and oxygen atoms in total. The van der Waals surface area contributed by atoms with Gasteiger partial charge in [0.25, 0.3) is 11.5 Å². The van der Waals surface area contributed by atoms with E-state index in [-0.39, 0.29) is 41.7 Å². The van der Waals surface area contributed by atoms with Gasteiger partial charge in [-0.05, 0) is 37.6 Å². The molecule has 2 heterocycles.